The summed E-state index contributed by atoms with van der Waals surface area (Å²) in [7, 11) is 0. The molecule has 1 heterocycles. The summed E-state index contributed by atoms with van der Waals surface area (Å²) in [6.45, 7) is 5.45. The molecule has 0 amide bonds. The van der Waals surface area contributed by atoms with Crippen molar-refractivity contribution in [1.29, 1.82) is 0 Å². The Bertz CT molecular complexity index is 191. The average molecular weight is 151 g/mol. The Kier molecular flexibility index (Phi) is 3.41. The molecule has 0 aromatic carbocycles. The summed E-state index contributed by atoms with van der Waals surface area (Å²) in [4.78, 5) is 6.95. The summed E-state index contributed by atoms with van der Waals surface area (Å²) in [6, 6.07) is 0. The molecule has 1 aromatic heterocycles. The first-order chi connectivity index (χ1) is 5.43. The number of hydrogen-bond acceptors (Lipinski definition) is 2. The molecule has 0 radical (unpaired) electrons. The van der Waals surface area contributed by atoms with Crippen molar-refractivity contribution < 1.29 is 0 Å². The molecule has 0 aliphatic carbocycles. The Labute approximate surface area is 66.5 Å². The van der Waals surface area contributed by atoms with Crippen molar-refractivity contribution in [1.82, 2.24) is 15.3 Å². The molecule has 0 saturated carbocycles. The van der Waals surface area contributed by atoms with E-state index in [4.69, 9.17) is 0 Å². The van der Waals surface area contributed by atoms with Crippen molar-refractivity contribution >= 4 is 0 Å². The molecule has 3 nitrogen and oxygen atoms in total. The summed E-state index contributed by atoms with van der Waals surface area (Å²) in [5.74, 6) is 0. The van der Waals surface area contributed by atoms with E-state index in [1.807, 2.05) is 12.3 Å². The standard InChI is InChI=1S/C8H13N3/c1-2-4-9-5-3-8-6-10-7-11-8/h2,6-7,9H,1,3-5H2,(H,10,11). The highest BCUT2D eigenvalue weighted by molar-refractivity contribution is 4.94. The highest BCUT2D eigenvalue weighted by Gasteiger charge is 1.90. The summed E-state index contributed by atoms with van der Waals surface area (Å²) < 4.78 is 0. The largest absolute Gasteiger partial charge is 0.348 e. The van der Waals surface area contributed by atoms with E-state index < -0.39 is 0 Å². The maximum Gasteiger partial charge on any atom is 0.0921 e. The third-order valence-corrected chi connectivity index (χ3v) is 1.41. The van der Waals surface area contributed by atoms with Crippen LogP contribution in [0.5, 0.6) is 0 Å². The molecule has 0 fully saturated rings. The molecule has 0 saturated heterocycles. The van der Waals surface area contributed by atoms with Gasteiger partial charge in [0.1, 0.15) is 0 Å². The summed E-state index contributed by atoms with van der Waals surface area (Å²) >= 11 is 0. The van der Waals surface area contributed by atoms with Crippen LogP contribution in [0.25, 0.3) is 0 Å². The molecule has 1 aromatic rings. The zero-order chi connectivity index (χ0) is 7.94. The number of hydrogen-bond donors (Lipinski definition) is 2. The number of nitrogens with zero attached hydrogens (tertiary/aromatic N) is 1. The van der Waals surface area contributed by atoms with Crippen LogP contribution in [0.1, 0.15) is 5.69 Å². The van der Waals surface area contributed by atoms with E-state index in [2.05, 4.69) is 21.9 Å². The van der Waals surface area contributed by atoms with Gasteiger partial charge < -0.3 is 10.3 Å². The van der Waals surface area contributed by atoms with Gasteiger partial charge in [-0.3, -0.25) is 0 Å². The Hall–Kier alpha value is -1.09. The number of H-pyrrole nitrogens is 1. The number of aromatic nitrogens is 2. The second-order valence-corrected chi connectivity index (χ2v) is 2.32. The van der Waals surface area contributed by atoms with Crippen molar-refractivity contribution in [2.45, 2.75) is 6.42 Å². The van der Waals surface area contributed by atoms with Crippen LogP contribution >= 0.6 is 0 Å². The predicted molar refractivity (Wildman–Crippen MR) is 45.4 cm³/mol. The van der Waals surface area contributed by atoms with E-state index in [9.17, 15) is 0 Å². The van der Waals surface area contributed by atoms with Crippen molar-refractivity contribution in [3.8, 4) is 0 Å². The van der Waals surface area contributed by atoms with Crippen molar-refractivity contribution in [2.75, 3.05) is 13.1 Å². The molecule has 0 aliphatic rings. The Morgan fingerprint density at radius 1 is 1.73 bits per heavy atom. The molecule has 0 unspecified atom stereocenters. The average Bonchev–Trinajstić information content (AvgIpc) is 2.50. The van der Waals surface area contributed by atoms with Crippen molar-refractivity contribution in [3.05, 3.63) is 30.9 Å². The topological polar surface area (TPSA) is 40.7 Å². The number of imidazole rings is 1. The highest BCUT2D eigenvalue weighted by atomic mass is 14.9. The predicted octanol–water partition coefficient (Wildman–Crippen LogP) is 0.728. The molecule has 3 heteroatoms. The third-order valence-electron chi connectivity index (χ3n) is 1.41. The molecule has 0 spiro atoms. The summed E-state index contributed by atoms with van der Waals surface area (Å²) in [6.07, 6.45) is 6.39. The van der Waals surface area contributed by atoms with Gasteiger partial charge in [-0.15, -0.1) is 6.58 Å². The van der Waals surface area contributed by atoms with Gasteiger partial charge in [-0.25, -0.2) is 4.98 Å². The fraction of sp³-hybridized carbons (Fsp3) is 0.375. The van der Waals surface area contributed by atoms with Crippen molar-refractivity contribution in [2.24, 2.45) is 0 Å². The Morgan fingerprint density at radius 3 is 3.27 bits per heavy atom. The van der Waals surface area contributed by atoms with E-state index in [0.717, 1.165) is 19.5 Å². The second kappa shape index (κ2) is 4.68. The molecule has 2 N–H and O–H groups in total. The fourth-order valence-electron chi connectivity index (χ4n) is 0.849. The van der Waals surface area contributed by atoms with Gasteiger partial charge in [0.05, 0.1) is 6.33 Å². The van der Waals surface area contributed by atoms with Crippen LogP contribution in [0.15, 0.2) is 25.2 Å². The van der Waals surface area contributed by atoms with Crippen LogP contribution < -0.4 is 5.32 Å². The van der Waals surface area contributed by atoms with E-state index in [-0.39, 0.29) is 0 Å². The van der Waals surface area contributed by atoms with Crippen LogP contribution in [-0.4, -0.2) is 23.1 Å². The number of rotatable bonds is 5. The second-order valence-electron chi connectivity index (χ2n) is 2.32. The molecule has 0 aliphatic heterocycles. The summed E-state index contributed by atoms with van der Waals surface area (Å²) in [5.41, 5.74) is 1.17. The van der Waals surface area contributed by atoms with Gasteiger partial charge in [0.25, 0.3) is 0 Å². The molecule has 11 heavy (non-hydrogen) atoms. The van der Waals surface area contributed by atoms with Gasteiger partial charge in [-0.2, -0.15) is 0 Å². The quantitative estimate of drug-likeness (QED) is 0.481. The minimum Gasteiger partial charge on any atom is -0.348 e. The minimum atomic E-state index is 0.869. The van der Waals surface area contributed by atoms with Crippen LogP contribution in [0.3, 0.4) is 0 Å². The highest BCUT2D eigenvalue weighted by Crippen LogP contribution is 1.89. The lowest BCUT2D eigenvalue weighted by Gasteiger charge is -1.97. The zero-order valence-electron chi connectivity index (χ0n) is 6.51. The molecular weight excluding hydrogens is 138 g/mol. The molecule has 0 bridgehead atoms. The van der Waals surface area contributed by atoms with E-state index in [1.165, 1.54) is 5.69 Å². The lowest BCUT2D eigenvalue weighted by Crippen LogP contribution is -2.16. The lowest BCUT2D eigenvalue weighted by atomic mass is 10.3. The Morgan fingerprint density at radius 2 is 2.64 bits per heavy atom. The molecular formula is C8H13N3. The van der Waals surface area contributed by atoms with Crippen LogP contribution in [0, 0.1) is 0 Å². The van der Waals surface area contributed by atoms with Gasteiger partial charge in [0, 0.05) is 31.4 Å². The van der Waals surface area contributed by atoms with Gasteiger partial charge in [-0.05, 0) is 0 Å². The monoisotopic (exact) mass is 151 g/mol. The first-order valence-electron chi connectivity index (χ1n) is 3.72. The van der Waals surface area contributed by atoms with Crippen LogP contribution in [0.2, 0.25) is 0 Å². The molecule has 0 atom stereocenters. The van der Waals surface area contributed by atoms with Gasteiger partial charge in [-0.1, -0.05) is 6.08 Å². The van der Waals surface area contributed by atoms with Crippen molar-refractivity contribution in [3.63, 3.8) is 0 Å². The number of nitrogens with one attached hydrogen (secondary N) is 2. The van der Waals surface area contributed by atoms with Crippen LogP contribution in [0.4, 0.5) is 0 Å². The van der Waals surface area contributed by atoms with Crippen LogP contribution in [-0.2, 0) is 6.42 Å². The Balaban J connectivity index is 2.09. The first kappa shape index (κ1) is 8.01. The number of aromatic amines is 1. The van der Waals surface area contributed by atoms with E-state index >= 15 is 0 Å². The molecule has 1 rings (SSSR count). The first-order valence-corrected chi connectivity index (χ1v) is 3.72. The minimum absolute atomic E-state index is 0.869. The molecule has 60 valence electrons. The van der Waals surface area contributed by atoms with Gasteiger partial charge in [0.15, 0.2) is 0 Å². The third kappa shape index (κ3) is 3.00. The SMILES string of the molecule is C=CCNCCc1cnc[nH]1. The van der Waals surface area contributed by atoms with E-state index in [0.29, 0.717) is 0 Å². The maximum atomic E-state index is 3.92. The fourth-order valence-corrected chi connectivity index (χ4v) is 0.849. The smallest absolute Gasteiger partial charge is 0.0921 e. The van der Waals surface area contributed by atoms with Gasteiger partial charge >= 0.3 is 0 Å². The maximum absolute atomic E-state index is 3.92. The zero-order valence-corrected chi connectivity index (χ0v) is 6.51. The van der Waals surface area contributed by atoms with Gasteiger partial charge in [0.2, 0.25) is 0 Å². The normalized spacial score (nSPS) is 9.82. The van der Waals surface area contributed by atoms with E-state index in [1.54, 1.807) is 6.33 Å². The summed E-state index contributed by atoms with van der Waals surface area (Å²) in [5, 5.41) is 3.21. The lowest BCUT2D eigenvalue weighted by molar-refractivity contribution is 0.736.